The van der Waals surface area contributed by atoms with Gasteiger partial charge in [0.15, 0.2) is 4.34 Å². The number of anilines is 3. The summed E-state index contributed by atoms with van der Waals surface area (Å²) in [4.78, 5) is 17.0. The maximum absolute atomic E-state index is 12.7. The number of hydrogen-bond donors (Lipinski definition) is 2. The molecule has 1 amide bonds. The Hall–Kier alpha value is -3.17. The van der Waals surface area contributed by atoms with Crippen LogP contribution in [0.25, 0.3) is 10.9 Å². The van der Waals surface area contributed by atoms with Gasteiger partial charge in [0.25, 0.3) is 0 Å². The topological polar surface area (TPSA) is 89.0 Å². The first-order chi connectivity index (χ1) is 14.6. The van der Waals surface area contributed by atoms with E-state index in [0.717, 1.165) is 28.0 Å². The SMILES string of the molecule is COc1ccccc1Nc1nnc(S[C@H](C)C(=O)Nc2cccc3ncccc23)s1. The Bertz CT molecular complexity index is 1180. The van der Waals surface area contributed by atoms with Crippen LogP contribution >= 0.6 is 23.1 Å². The van der Waals surface area contributed by atoms with Crippen molar-refractivity contribution in [2.75, 3.05) is 17.7 Å². The van der Waals surface area contributed by atoms with Crippen LogP contribution in [0, 0.1) is 0 Å². The Morgan fingerprint density at radius 1 is 1.07 bits per heavy atom. The van der Waals surface area contributed by atoms with Crippen LogP contribution in [0.5, 0.6) is 5.75 Å². The van der Waals surface area contributed by atoms with Crippen LogP contribution in [-0.4, -0.2) is 33.4 Å². The number of carbonyl (C=O) groups is 1. The summed E-state index contributed by atoms with van der Waals surface area (Å²) in [5, 5.41) is 15.7. The van der Waals surface area contributed by atoms with E-state index in [1.54, 1.807) is 13.3 Å². The van der Waals surface area contributed by atoms with Gasteiger partial charge in [0.05, 0.1) is 29.3 Å². The van der Waals surface area contributed by atoms with Crippen LogP contribution in [-0.2, 0) is 4.79 Å². The number of aromatic nitrogens is 3. The van der Waals surface area contributed by atoms with E-state index in [9.17, 15) is 4.79 Å². The maximum atomic E-state index is 12.7. The molecule has 7 nitrogen and oxygen atoms in total. The summed E-state index contributed by atoms with van der Waals surface area (Å²) in [6, 6.07) is 17.1. The van der Waals surface area contributed by atoms with E-state index < -0.39 is 0 Å². The molecular formula is C21H19N5O2S2. The first kappa shape index (κ1) is 20.1. The number of nitrogens with zero attached hydrogens (tertiary/aromatic N) is 3. The fraction of sp³-hybridized carbons (Fsp3) is 0.143. The number of methoxy groups -OCH3 is 1. The number of benzene rings is 2. The molecule has 9 heteroatoms. The van der Waals surface area contributed by atoms with E-state index in [1.807, 2.05) is 61.5 Å². The molecule has 0 bridgehead atoms. The van der Waals surface area contributed by atoms with Gasteiger partial charge < -0.3 is 15.4 Å². The highest BCUT2D eigenvalue weighted by Gasteiger charge is 2.18. The molecule has 0 aliphatic heterocycles. The molecule has 0 aliphatic carbocycles. The van der Waals surface area contributed by atoms with Gasteiger partial charge in [0.1, 0.15) is 5.75 Å². The quantitative estimate of drug-likeness (QED) is 0.395. The average Bonchev–Trinajstić information content (AvgIpc) is 3.21. The summed E-state index contributed by atoms with van der Waals surface area (Å²) in [5.41, 5.74) is 2.39. The van der Waals surface area contributed by atoms with E-state index in [2.05, 4.69) is 25.8 Å². The van der Waals surface area contributed by atoms with Crippen molar-refractivity contribution in [1.82, 2.24) is 15.2 Å². The van der Waals surface area contributed by atoms with Gasteiger partial charge >= 0.3 is 0 Å². The number of hydrogen-bond acceptors (Lipinski definition) is 8. The minimum absolute atomic E-state index is 0.106. The van der Waals surface area contributed by atoms with Crippen molar-refractivity contribution in [3.05, 3.63) is 60.8 Å². The van der Waals surface area contributed by atoms with Gasteiger partial charge in [-0.15, -0.1) is 10.2 Å². The third-order valence-corrected chi connectivity index (χ3v) is 6.33. The highest BCUT2D eigenvalue weighted by molar-refractivity contribution is 8.02. The number of fused-ring (bicyclic) bond motifs is 1. The van der Waals surface area contributed by atoms with Crippen molar-refractivity contribution < 1.29 is 9.53 Å². The minimum atomic E-state index is -0.344. The van der Waals surface area contributed by atoms with E-state index in [0.29, 0.717) is 9.47 Å². The second kappa shape index (κ2) is 9.10. The first-order valence-electron chi connectivity index (χ1n) is 9.19. The second-order valence-corrected chi connectivity index (χ2v) is 8.89. The lowest BCUT2D eigenvalue weighted by Gasteiger charge is -2.12. The number of thioether (sulfide) groups is 1. The van der Waals surface area contributed by atoms with Crippen molar-refractivity contribution in [3.63, 3.8) is 0 Å². The monoisotopic (exact) mass is 437 g/mol. The summed E-state index contributed by atoms with van der Waals surface area (Å²) >= 11 is 2.75. The van der Waals surface area contributed by atoms with Crippen molar-refractivity contribution in [1.29, 1.82) is 0 Å². The zero-order valence-electron chi connectivity index (χ0n) is 16.3. The van der Waals surface area contributed by atoms with Crippen molar-refractivity contribution in [2.24, 2.45) is 0 Å². The van der Waals surface area contributed by atoms with Gasteiger partial charge in [-0.25, -0.2) is 0 Å². The molecule has 152 valence electrons. The average molecular weight is 438 g/mol. The Morgan fingerprint density at radius 3 is 2.77 bits per heavy atom. The maximum Gasteiger partial charge on any atom is 0.237 e. The van der Waals surface area contributed by atoms with Crippen molar-refractivity contribution >= 4 is 56.4 Å². The molecule has 0 saturated heterocycles. The summed E-state index contributed by atoms with van der Waals surface area (Å²) in [7, 11) is 1.62. The Kier molecular flexibility index (Phi) is 6.10. The predicted octanol–water partition coefficient (Wildman–Crippen LogP) is 4.96. The lowest BCUT2D eigenvalue weighted by molar-refractivity contribution is -0.115. The number of para-hydroxylation sites is 2. The standard InChI is InChI=1S/C21H19N5O2S2/c1-13(19(27)23-16-10-5-9-15-14(16)7-6-12-22-15)29-21-26-25-20(30-21)24-17-8-3-4-11-18(17)28-2/h3-13H,1-2H3,(H,23,27)(H,24,25)/t13-/m1/s1. The lowest BCUT2D eigenvalue weighted by atomic mass is 10.2. The highest BCUT2D eigenvalue weighted by Crippen LogP contribution is 2.33. The van der Waals surface area contributed by atoms with Crippen LogP contribution in [0.15, 0.2) is 65.1 Å². The Balaban J connectivity index is 1.41. The normalized spacial score (nSPS) is 11.8. The van der Waals surface area contributed by atoms with Gasteiger partial charge in [-0.05, 0) is 43.3 Å². The lowest BCUT2D eigenvalue weighted by Crippen LogP contribution is -2.22. The fourth-order valence-corrected chi connectivity index (χ4v) is 4.73. The molecule has 2 aromatic heterocycles. The largest absolute Gasteiger partial charge is 0.495 e. The number of amides is 1. The van der Waals surface area contributed by atoms with Crippen molar-refractivity contribution in [3.8, 4) is 5.75 Å². The van der Waals surface area contributed by atoms with E-state index in [-0.39, 0.29) is 11.2 Å². The molecule has 4 rings (SSSR count). The van der Waals surface area contributed by atoms with E-state index in [1.165, 1.54) is 23.1 Å². The Morgan fingerprint density at radius 2 is 1.90 bits per heavy atom. The molecule has 0 saturated carbocycles. The number of pyridine rings is 1. The smallest absolute Gasteiger partial charge is 0.237 e. The molecule has 0 fully saturated rings. The summed E-state index contributed by atoms with van der Waals surface area (Å²) < 4.78 is 6.04. The molecule has 1 atom stereocenters. The third kappa shape index (κ3) is 4.52. The van der Waals surface area contributed by atoms with E-state index in [4.69, 9.17) is 4.74 Å². The summed E-state index contributed by atoms with van der Waals surface area (Å²) in [6.45, 7) is 1.85. The summed E-state index contributed by atoms with van der Waals surface area (Å²) in [5.74, 6) is 0.616. The number of carbonyl (C=O) groups excluding carboxylic acids is 1. The van der Waals surface area contributed by atoms with Gasteiger partial charge in [0.2, 0.25) is 11.0 Å². The minimum Gasteiger partial charge on any atom is -0.495 e. The third-order valence-electron chi connectivity index (χ3n) is 4.31. The molecule has 30 heavy (non-hydrogen) atoms. The van der Waals surface area contributed by atoms with E-state index >= 15 is 0 Å². The highest BCUT2D eigenvalue weighted by atomic mass is 32.2. The molecule has 0 unspecified atom stereocenters. The van der Waals surface area contributed by atoms with Crippen LogP contribution in [0.2, 0.25) is 0 Å². The predicted molar refractivity (Wildman–Crippen MR) is 122 cm³/mol. The van der Waals surface area contributed by atoms with Crippen LogP contribution in [0.1, 0.15) is 6.92 Å². The zero-order chi connectivity index (χ0) is 20.9. The second-order valence-electron chi connectivity index (χ2n) is 6.32. The van der Waals surface area contributed by atoms with Crippen molar-refractivity contribution in [2.45, 2.75) is 16.5 Å². The number of ether oxygens (including phenoxy) is 1. The molecule has 4 aromatic rings. The van der Waals surface area contributed by atoms with Crippen LogP contribution in [0.4, 0.5) is 16.5 Å². The molecule has 0 radical (unpaired) electrons. The first-order valence-corrected chi connectivity index (χ1v) is 10.9. The van der Waals surface area contributed by atoms with Gasteiger partial charge in [-0.1, -0.05) is 41.3 Å². The zero-order valence-corrected chi connectivity index (χ0v) is 18.0. The van der Waals surface area contributed by atoms with Gasteiger partial charge in [-0.3, -0.25) is 9.78 Å². The molecular weight excluding hydrogens is 418 g/mol. The number of nitrogens with one attached hydrogen (secondary N) is 2. The summed E-state index contributed by atoms with van der Waals surface area (Å²) in [6.07, 6.45) is 1.73. The number of rotatable bonds is 7. The Labute approximate surface area is 181 Å². The van der Waals surface area contributed by atoms with Crippen LogP contribution < -0.4 is 15.4 Å². The van der Waals surface area contributed by atoms with Crippen LogP contribution in [0.3, 0.4) is 0 Å². The van der Waals surface area contributed by atoms with Gasteiger partial charge in [-0.2, -0.15) is 0 Å². The molecule has 0 spiro atoms. The molecule has 2 aromatic carbocycles. The molecule has 2 heterocycles. The van der Waals surface area contributed by atoms with Gasteiger partial charge in [0, 0.05) is 11.6 Å². The molecule has 0 aliphatic rings. The molecule has 2 N–H and O–H groups in total. The fourth-order valence-electron chi connectivity index (χ4n) is 2.82.